The van der Waals surface area contributed by atoms with Gasteiger partial charge in [0.1, 0.15) is 12.5 Å². The maximum Gasteiger partial charge on any atom is 0.250 e. The molecular weight excluding hydrogens is 321 g/mol. The molecule has 2 N–H and O–H groups in total. The Labute approximate surface area is 139 Å². The molecule has 4 fully saturated rings. The van der Waals surface area contributed by atoms with Crippen LogP contribution in [0.4, 0.5) is 13.2 Å². The molecule has 1 saturated carbocycles. The van der Waals surface area contributed by atoms with Crippen LogP contribution in [0.25, 0.3) is 0 Å². The number of rotatable bonds is 1. The minimum absolute atomic E-state index is 0.0320. The van der Waals surface area contributed by atoms with Crippen molar-refractivity contribution in [2.24, 2.45) is 5.92 Å². The topological polar surface area (TPSA) is 47.6 Å². The molecule has 1 aliphatic carbocycles. The first-order chi connectivity index (χ1) is 11.3. The van der Waals surface area contributed by atoms with Gasteiger partial charge in [-0.1, -0.05) is 0 Å². The second kappa shape index (κ2) is 5.85. The summed E-state index contributed by atoms with van der Waals surface area (Å²) in [4.78, 5) is 16.7. The SMILES string of the molecule is C[C@@H]1CN2C3C(CC(F)CC3C(=O)N1)NC2N1CCC(F)(F)CC1. The minimum Gasteiger partial charge on any atom is -0.352 e. The van der Waals surface area contributed by atoms with E-state index in [1.807, 2.05) is 11.8 Å². The predicted molar refractivity (Wildman–Crippen MR) is 82.2 cm³/mol. The van der Waals surface area contributed by atoms with Gasteiger partial charge in [-0.3, -0.25) is 19.9 Å². The highest BCUT2D eigenvalue weighted by atomic mass is 19.3. The van der Waals surface area contributed by atoms with Crippen LogP contribution < -0.4 is 10.6 Å². The molecule has 6 atom stereocenters. The number of nitrogens with zero attached hydrogens (tertiary/aromatic N) is 2. The summed E-state index contributed by atoms with van der Waals surface area (Å²) in [5.74, 6) is -3.03. The predicted octanol–water partition coefficient (Wildman–Crippen LogP) is 0.910. The van der Waals surface area contributed by atoms with Gasteiger partial charge in [-0.25, -0.2) is 13.2 Å². The lowest BCUT2D eigenvalue weighted by Gasteiger charge is -2.41. The highest BCUT2D eigenvalue weighted by Crippen LogP contribution is 2.39. The van der Waals surface area contributed by atoms with Crippen molar-refractivity contribution in [2.75, 3.05) is 19.6 Å². The summed E-state index contributed by atoms with van der Waals surface area (Å²) in [6, 6.07) is -0.174. The summed E-state index contributed by atoms with van der Waals surface area (Å²) in [6.07, 6.45) is -0.817. The fraction of sp³-hybridized carbons (Fsp3) is 0.938. The van der Waals surface area contributed by atoms with Crippen molar-refractivity contribution >= 4 is 5.91 Å². The molecular formula is C16H25F3N4O. The van der Waals surface area contributed by atoms with E-state index in [1.165, 1.54) is 0 Å². The second-order valence-corrected chi connectivity index (χ2v) is 7.81. The zero-order valence-corrected chi connectivity index (χ0v) is 13.9. The van der Waals surface area contributed by atoms with Gasteiger partial charge < -0.3 is 5.32 Å². The van der Waals surface area contributed by atoms with Gasteiger partial charge in [0, 0.05) is 50.6 Å². The van der Waals surface area contributed by atoms with E-state index in [-0.39, 0.29) is 55.5 Å². The smallest absolute Gasteiger partial charge is 0.250 e. The monoisotopic (exact) mass is 346 g/mol. The van der Waals surface area contributed by atoms with Crippen molar-refractivity contribution in [1.82, 2.24) is 20.4 Å². The molecule has 0 radical (unpaired) electrons. The van der Waals surface area contributed by atoms with Crippen LogP contribution in [0.2, 0.25) is 0 Å². The van der Waals surface area contributed by atoms with Crippen LogP contribution in [-0.2, 0) is 4.79 Å². The Kier molecular flexibility index (Phi) is 4.04. The third-order valence-electron chi connectivity index (χ3n) is 5.99. The van der Waals surface area contributed by atoms with Crippen molar-refractivity contribution < 1.29 is 18.0 Å². The molecule has 136 valence electrons. The van der Waals surface area contributed by atoms with E-state index in [9.17, 15) is 18.0 Å². The van der Waals surface area contributed by atoms with Gasteiger partial charge in [0.15, 0.2) is 0 Å². The van der Waals surface area contributed by atoms with Gasteiger partial charge >= 0.3 is 0 Å². The van der Waals surface area contributed by atoms with Gasteiger partial charge in [-0.05, 0) is 19.8 Å². The second-order valence-electron chi connectivity index (χ2n) is 7.81. The van der Waals surface area contributed by atoms with E-state index in [1.54, 1.807) is 0 Å². The first kappa shape index (κ1) is 16.6. The molecule has 4 rings (SSSR count). The van der Waals surface area contributed by atoms with Gasteiger partial charge in [-0.15, -0.1) is 0 Å². The Balaban J connectivity index is 1.58. The molecule has 0 aromatic heterocycles. The maximum absolute atomic E-state index is 14.1. The largest absolute Gasteiger partial charge is 0.352 e. The number of nitrogens with one attached hydrogen (secondary N) is 2. The number of carbonyl (C=O) groups excluding carboxylic acids is 1. The molecule has 0 aromatic carbocycles. The summed E-state index contributed by atoms with van der Waals surface area (Å²) >= 11 is 0. The molecule has 5 nitrogen and oxygen atoms in total. The maximum atomic E-state index is 14.1. The van der Waals surface area contributed by atoms with Gasteiger partial charge in [0.05, 0.1) is 5.92 Å². The van der Waals surface area contributed by atoms with E-state index < -0.39 is 12.1 Å². The molecule has 3 heterocycles. The Hall–Kier alpha value is -0.860. The van der Waals surface area contributed by atoms with E-state index in [0.717, 1.165) is 0 Å². The molecule has 3 aliphatic heterocycles. The minimum atomic E-state index is -2.59. The average molecular weight is 346 g/mol. The lowest BCUT2D eigenvalue weighted by atomic mass is 9.80. The fourth-order valence-corrected chi connectivity index (χ4v) is 4.89. The van der Waals surface area contributed by atoms with Crippen molar-refractivity contribution in [3.63, 3.8) is 0 Å². The molecule has 5 unspecified atom stereocenters. The Morgan fingerprint density at radius 3 is 2.62 bits per heavy atom. The third kappa shape index (κ3) is 2.82. The van der Waals surface area contributed by atoms with Crippen LogP contribution >= 0.6 is 0 Å². The van der Waals surface area contributed by atoms with Crippen molar-refractivity contribution in [1.29, 1.82) is 0 Å². The Morgan fingerprint density at radius 1 is 1.21 bits per heavy atom. The van der Waals surface area contributed by atoms with Crippen LogP contribution in [0.15, 0.2) is 0 Å². The first-order valence-corrected chi connectivity index (χ1v) is 8.92. The third-order valence-corrected chi connectivity index (χ3v) is 5.99. The number of likely N-dealkylation sites (tertiary alicyclic amines) is 1. The highest BCUT2D eigenvalue weighted by Gasteiger charge is 2.54. The first-order valence-electron chi connectivity index (χ1n) is 8.92. The molecule has 0 aromatic rings. The summed E-state index contributed by atoms with van der Waals surface area (Å²) in [5, 5.41) is 6.42. The number of alkyl halides is 3. The molecule has 4 aliphatic rings. The lowest BCUT2D eigenvalue weighted by molar-refractivity contribution is -0.128. The van der Waals surface area contributed by atoms with Crippen LogP contribution in [0.5, 0.6) is 0 Å². The number of halogens is 3. The zero-order valence-electron chi connectivity index (χ0n) is 13.9. The number of piperidine rings is 1. The van der Waals surface area contributed by atoms with E-state index in [4.69, 9.17) is 0 Å². The van der Waals surface area contributed by atoms with Crippen LogP contribution in [-0.4, -0.2) is 71.9 Å². The van der Waals surface area contributed by atoms with E-state index in [2.05, 4.69) is 15.5 Å². The fourth-order valence-electron chi connectivity index (χ4n) is 4.89. The van der Waals surface area contributed by atoms with Crippen molar-refractivity contribution in [3.05, 3.63) is 0 Å². The summed E-state index contributed by atoms with van der Waals surface area (Å²) in [5.41, 5.74) is 0. The molecule has 0 spiro atoms. The van der Waals surface area contributed by atoms with Crippen LogP contribution in [0.3, 0.4) is 0 Å². The summed E-state index contributed by atoms with van der Waals surface area (Å²) in [7, 11) is 0. The Morgan fingerprint density at radius 2 is 1.92 bits per heavy atom. The standard InChI is InChI=1S/C16H25F3N4O/c1-9-8-23-13-11(14(24)20-9)6-10(17)7-12(13)21-15(23)22-4-2-16(18,19)3-5-22/h9-13,15,21H,2-8H2,1H3,(H,20,24)/t9-,10?,11?,12?,13?,15?/m1/s1. The van der Waals surface area contributed by atoms with Crippen LogP contribution in [0, 0.1) is 5.92 Å². The molecule has 24 heavy (non-hydrogen) atoms. The normalized spacial score (nSPS) is 46.2. The number of amides is 1. The number of carbonyl (C=O) groups is 1. The van der Waals surface area contributed by atoms with Crippen molar-refractivity contribution in [2.45, 2.75) is 69.1 Å². The van der Waals surface area contributed by atoms with Crippen molar-refractivity contribution in [3.8, 4) is 0 Å². The highest BCUT2D eigenvalue weighted by molar-refractivity contribution is 5.80. The van der Waals surface area contributed by atoms with Gasteiger partial charge in [0.25, 0.3) is 5.92 Å². The van der Waals surface area contributed by atoms with Crippen LogP contribution in [0.1, 0.15) is 32.6 Å². The number of hydrogen-bond acceptors (Lipinski definition) is 4. The summed E-state index contributed by atoms with van der Waals surface area (Å²) in [6.45, 7) is 3.24. The van der Waals surface area contributed by atoms with E-state index in [0.29, 0.717) is 26.1 Å². The average Bonchev–Trinajstić information content (AvgIpc) is 2.78. The Bertz CT molecular complexity index is 510. The quantitative estimate of drug-likeness (QED) is 0.741. The number of hydrogen-bond donors (Lipinski definition) is 2. The lowest BCUT2D eigenvalue weighted by Crippen LogP contribution is -2.57. The molecule has 0 bridgehead atoms. The zero-order chi connectivity index (χ0) is 17.1. The summed E-state index contributed by atoms with van der Waals surface area (Å²) < 4.78 is 41.1. The van der Waals surface area contributed by atoms with Gasteiger partial charge in [-0.2, -0.15) is 0 Å². The molecule has 1 amide bonds. The van der Waals surface area contributed by atoms with E-state index >= 15 is 0 Å². The molecule has 3 saturated heterocycles. The van der Waals surface area contributed by atoms with Gasteiger partial charge in [0.2, 0.25) is 5.91 Å². The molecule has 8 heteroatoms.